The predicted octanol–water partition coefficient (Wildman–Crippen LogP) is 8.81. The van der Waals surface area contributed by atoms with Gasteiger partial charge in [-0.05, 0) is 54.6 Å². The van der Waals surface area contributed by atoms with Crippen LogP contribution in [-0.4, -0.2) is 14.1 Å². The van der Waals surface area contributed by atoms with Gasteiger partial charge >= 0.3 is 0 Å². The van der Waals surface area contributed by atoms with Gasteiger partial charge in [-0.15, -0.1) is 0 Å². The third-order valence-electron chi connectivity index (χ3n) is 7.77. The molecule has 0 unspecified atom stereocenters. The van der Waals surface area contributed by atoms with Gasteiger partial charge in [0.2, 0.25) is 0 Å². The van der Waals surface area contributed by atoms with E-state index >= 15 is 0 Å². The van der Waals surface area contributed by atoms with Crippen LogP contribution in [0.5, 0.6) is 0 Å². The van der Waals surface area contributed by atoms with E-state index in [1.165, 1.54) is 21.5 Å². The molecule has 186 valence electrons. The number of aromatic nitrogens is 3. The van der Waals surface area contributed by atoms with Crippen LogP contribution in [0.25, 0.3) is 66.2 Å². The van der Waals surface area contributed by atoms with Crippen molar-refractivity contribution in [1.82, 2.24) is 14.1 Å². The summed E-state index contributed by atoms with van der Waals surface area (Å²) in [5.41, 5.74) is 8.68. The molecule has 4 heteroatoms. The predicted molar refractivity (Wildman–Crippen MR) is 163 cm³/mol. The Bertz CT molecular complexity index is 2190. The van der Waals surface area contributed by atoms with Crippen molar-refractivity contribution in [3.05, 3.63) is 139 Å². The summed E-state index contributed by atoms with van der Waals surface area (Å²) >= 11 is 0. The monoisotopic (exact) mass is 510 g/mol. The second-order valence-corrected chi connectivity index (χ2v) is 9.99. The number of fused-ring (bicyclic) bond motifs is 6. The van der Waals surface area contributed by atoms with Crippen LogP contribution >= 0.6 is 0 Å². The molecule has 0 saturated heterocycles. The molecule has 0 fully saturated rings. The normalized spacial score (nSPS) is 11.5. The van der Waals surface area contributed by atoms with Crippen LogP contribution in [0, 0.1) is 11.3 Å². The van der Waals surface area contributed by atoms with Gasteiger partial charge in [0.15, 0.2) is 0 Å². The molecule has 4 nitrogen and oxygen atoms in total. The number of rotatable bonds is 3. The molecule has 0 aliphatic carbocycles. The highest BCUT2D eigenvalue weighted by Gasteiger charge is 2.18. The zero-order valence-electron chi connectivity index (χ0n) is 21.5. The zero-order valence-corrected chi connectivity index (χ0v) is 21.5. The first-order valence-corrected chi connectivity index (χ1v) is 13.3. The third kappa shape index (κ3) is 3.22. The van der Waals surface area contributed by atoms with Gasteiger partial charge in [0, 0.05) is 39.0 Å². The van der Waals surface area contributed by atoms with E-state index in [0.29, 0.717) is 5.56 Å². The van der Waals surface area contributed by atoms with E-state index in [-0.39, 0.29) is 0 Å². The molecule has 0 spiro atoms. The van der Waals surface area contributed by atoms with Crippen LogP contribution in [0.2, 0.25) is 0 Å². The minimum absolute atomic E-state index is 0.591. The Morgan fingerprint density at radius 2 is 1.02 bits per heavy atom. The lowest BCUT2D eigenvalue weighted by atomic mass is 10.0. The fourth-order valence-electron chi connectivity index (χ4n) is 6.12. The molecule has 5 aromatic carbocycles. The number of hydrogen-bond acceptors (Lipinski definition) is 2. The van der Waals surface area contributed by atoms with Gasteiger partial charge in [-0.1, -0.05) is 72.8 Å². The summed E-state index contributed by atoms with van der Waals surface area (Å²) in [6.07, 6.45) is 1.83. The summed E-state index contributed by atoms with van der Waals surface area (Å²) in [5.74, 6) is 0. The second-order valence-electron chi connectivity index (χ2n) is 9.99. The molecule has 0 amide bonds. The van der Waals surface area contributed by atoms with Crippen molar-refractivity contribution < 1.29 is 0 Å². The van der Waals surface area contributed by atoms with Gasteiger partial charge in [-0.25, -0.2) is 0 Å². The van der Waals surface area contributed by atoms with E-state index in [1.807, 2.05) is 24.4 Å². The quantitative estimate of drug-likeness (QED) is 0.238. The molecule has 3 aromatic heterocycles. The van der Waals surface area contributed by atoms with Gasteiger partial charge in [0.1, 0.15) is 0 Å². The lowest BCUT2D eigenvalue weighted by molar-refractivity contribution is 1.14. The maximum atomic E-state index is 10.1. The first kappa shape index (κ1) is 22.3. The highest BCUT2D eigenvalue weighted by molar-refractivity contribution is 6.10. The third-order valence-corrected chi connectivity index (χ3v) is 7.77. The minimum Gasteiger partial charge on any atom is -0.309 e. The van der Waals surface area contributed by atoms with E-state index in [0.717, 1.165) is 44.7 Å². The topological polar surface area (TPSA) is 46.5 Å². The Labute approximate surface area is 230 Å². The molecule has 8 aromatic rings. The fourth-order valence-corrected chi connectivity index (χ4v) is 6.12. The smallest absolute Gasteiger partial charge is 0.0992 e. The van der Waals surface area contributed by atoms with Gasteiger partial charge in [-0.3, -0.25) is 4.98 Å². The lowest BCUT2D eigenvalue weighted by Gasteiger charge is -2.15. The van der Waals surface area contributed by atoms with Crippen LogP contribution < -0.4 is 0 Å². The Kier molecular flexibility index (Phi) is 4.85. The average Bonchev–Trinajstić information content (AvgIpc) is 3.54. The Morgan fingerprint density at radius 1 is 0.525 bits per heavy atom. The summed E-state index contributed by atoms with van der Waals surface area (Å²) in [7, 11) is 0. The van der Waals surface area contributed by atoms with Gasteiger partial charge < -0.3 is 9.13 Å². The van der Waals surface area contributed by atoms with Crippen LogP contribution in [-0.2, 0) is 0 Å². The summed E-state index contributed by atoms with van der Waals surface area (Å²) in [5, 5.41) is 14.9. The Hall–Kier alpha value is -5.66. The van der Waals surface area contributed by atoms with Gasteiger partial charge in [0.25, 0.3) is 0 Å². The van der Waals surface area contributed by atoms with E-state index in [4.69, 9.17) is 4.98 Å². The SMILES string of the molecule is N#Cc1cc(-c2ncccc2-n2c3ccccc3c3ccccc32)cc(-n2c3ccccc3c3ccccc32)c1. The number of para-hydroxylation sites is 4. The maximum Gasteiger partial charge on any atom is 0.0992 e. The van der Waals surface area contributed by atoms with Gasteiger partial charge in [0.05, 0.1) is 45.1 Å². The number of nitriles is 1. The molecule has 8 rings (SSSR count). The van der Waals surface area contributed by atoms with Crippen molar-refractivity contribution in [3.63, 3.8) is 0 Å². The molecule has 0 radical (unpaired) electrons. The van der Waals surface area contributed by atoms with Crippen LogP contribution in [0.1, 0.15) is 5.56 Å². The number of pyridine rings is 1. The summed E-state index contributed by atoms with van der Waals surface area (Å²) in [4.78, 5) is 4.90. The van der Waals surface area contributed by atoms with Crippen molar-refractivity contribution in [2.24, 2.45) is 0 Å². The van der Waals surface area contributed by atoms with Gasteiger partial charge in [-0.2, -0.15) is 5.26 Å². The van der Waals surface area contributed by atoms with E-state index in [1.54, 1.807) is 0 Å². The number of nitrogens with zero attached hydrogens (tertiary/aromatic N) is 4. The molecule has 40 heavy (non-hydrogen) atoms. The van der Waals surface area contributed by atoms with Crippen molar-refractivity contribution >= 4 is 43.6 Å². The molecule has 0 bridgehead atoms. The molecule has 3 heterocycles. The van der Waals surface area contributed by atoms with Crippen LogP contribution in [0.4, 0.5) is 0 Å². The summed E-state index contributed by atoms with van der Waals surface area (Å²) in [6.45, 7) is 0. The Morgan fingerprint density at radius 3 is 1.55 bits per heavy atom. The fraction of sp³-hybridized carbons (Fsp3) is 0. The Balaban J connectivity index is 1.43. The number of benzene rings is 5. The molecule has 0 saturated carbocycles. The summed E-state index contributed by atoms with van der Waals surface area (Å²) in [6, 6.07) is 46.4. The second kappa shape index (κ2) is 8.69. The van der Waals surface area contributed by atoms with Crippen LogP contribution in [0.15, 0.2) is 134 Å². The van der Waals surface area contributed by atoms with Crippen molar-refractivity contribution in [2.45, 2.75) is 0 Å². The van der Waals surface area contributed by atoms with E-state index in [2.05, 4.69) is 124 Å². The minimum atomic E-state index is 0.591. The average molecular weight is 511 g/mol. The largest absolute Gasteiger partial charge is 0.309 e. The standard InChI is InChI=1S/C36H22N4/c37-23-24-20-25(22-26(21-24)39-31-14-5-1-10-27(31)28-11-2-6-15-32(28)39)36-35(18-9-19-38-36)40-33-16-7-3-12-29(33)30-13-4-8-17-34(30)40/h1-22H. The zero-order chi connectivity index (χ0) is 26.6. The van der Waals surface area contributed by atoms with E-state index in [9.17, 15) is 5.26 Å². The first-order chi connectivity index (χ1) is 19.8. The first-order valence-electron chi connectivity index (χ1n) is 13.3. The van der Waals surface area contributed by atoms with E-state index < -0.39 is 0 Å². The van der Waals surface area contributed by atoms with Crippen LogP contribution in [0.3, 0.4) is 0 Å². The molecule has 0 aliphatic heterocycles. The molecular formula is C36H22N4. The highest BCUT2D eigenvalue weighted by atomic mass is 15.0. The molecular weight excluding hydrogens is 488 g/mol. The van der Waals surface area contributed by atoms with Crippen molar-refractivity contribution in [3.8, 4) is 28.7 Å². The molecule has 0 N–H and O–H groups in total. The molecule has 0 atom stereocenters. The lowest BCUT2D eigenvalue weighted by Crippen LogP contribution is -2.01. The highest BCUT2D eigenvalue weighted by Crippen LogP contribution is 2.37. The van der Waals surface area contributed by atoms with Crippen molar-refractivity contribution in [2.75, 3.05) is 0 Å². The van der Waals surface area contributed by atoms with Crippen molar-refractivity contribution in [1.29, 1.82) is 5.26 Å². The molecule has 0 aliphatic rings. The number of hydrogen-bond donors (Lipinski definition) is 0. The maximum absolute atomic E-state index is 10.1. The summed E-state index contributed by atoms with van der Waals surface area (Å²) < 4.78 is 4.53.